The highest BCUT2D eigenvalue weighted by Crippen LogP contribution is 2.32. The molecule has 0 radical (unpaired) electrons. The second-order valence-electron chi connectivity index (χ2n) is 4.44. The predicted molar refractivity (Wildman–Crippen MR) is 57.3 cm³/mol. The first kappa shape index (κ1) is 13.0. The van der Waals surface area contributed by atoms with Crippen LogP contribution in [-0.2, 0) is 0 Å². The fourth-order valence-electron chi connectivity index (χ4n) is 1.69. The van der Waals surface area contributed by atoms with E-state index in [9.17, 15) is 13.2 Å². The van der Waals surface area contributed by atoms with Crippen LogP contribution in [0.5, 0.6) is 0 Å². The van der Waals surface area contributed by atoms with Gasteiger partial charge in [0.05, 0.1) is 5.69 Å². The number of rotatable bonds is 3. The number of nitrogens with zero attached hydrogens (tertiary/aromatic N) is 1. The largest absolute Gasteiger partial charge is 0.265 e. The van der Waals surface area contributed by atoms with Gasteiger partial charge in [0.2, 0.25) is 0 Å². The average molecular weight is 231 g/mol. The first-order chi connectivity index (χ1) is 7.36. The average Bonchev–Trinajstić information content (AvgIpc) is 2.15. The molecule has 1 nitrogen and oxygen atoms in total. The molecular formula is C12H16F3N. The molecule has 0 saturated carbocycles. The van der Waals surface area contributed by atoms with Crippen LogP contribution in [0, 0.1) is 5.82 Å². The van der Waals surface area contributed by atoms with Gasteiger partial charge in [-0.15, -0.1) is 0 Å². The van der Waals surface area contributed by atoms with Gasteiger partial charge in [0.25, 0.3) is 6.43 Å². The highest BCUT2D eigenvalue weighted by Gasteiger charge is 2.23. The molecule has 4 heteroatoms. The van der Waals surface area contributed by atoms with Crippen LogP contribution in [0.25, 0.3) is 0 Å². The molecule has 16 heavy (non-hydrogen) atoms. The van der Waals surface area contributed by atoms with E-state index in [2.05, 4.69) is 4.98 Å². The molecule has 90 valence electrons. The number of halogens is 3. The van der Waals surface area contributed by atoms with E-state index >= 15 is 0 Å². The summed E-state index contributed by atoms with van der Waals surface area (Å²) in [5, 5.41) is 0. The van der Waals surface area contributed by atoms with E-state index in [0.29, 0.717) is 0 Å². The monoisotopic (exact) mass is 231 g/mol. The highest BCUT2D eigenvalue weighted by atomic mass is 19.3. The Kier molecular flexibility index (Phi) is 3.94. The molecule has 1 aromatic heterocycles. The molecule has 1 heterocycles. The highest BCUT2D eigenvalue weighted by molar-refractivity contribution is 5.33. The van der Waals surface area contributed by atoms with Gasteiger partial charge in [-0.2, -0.15) is 0 Å². The molecule has 0 aliphatic heterocycles. The van der Waals surface area contributed by atoms with Gasteiger partial charge in [-0.3, -0.25) is 4.98 Å². The molecule has 0 aliphatic carbocycles. The van der Waals surface area contributed by atoms with E-state index in [1.807, 2.05) is 0 Å². The van der Waals surface area contributed by atoms with Gasteiger partial charge in [-0.05, 0) is 11.8 Å². The van der Waals surface area contributed by atoms with Crippen molar-refractivity contribution >= 4 is 0 Å². The topological polar surface area (TPSA) is 12.9 Å². The second-order valence-corrected chi connectivity index (χ2v) is 4.44. The predicted octanol–water partition coefficient (Wildman–Crippen LogP) is 4.41. The van der Waals surface area contributed by atoms with Crippen LogP contribution in [0.2, 0.25) is 0 Å². The number of alkyl halides is 2. The maximum Gasteiger partial charge on any atom is 0.265 e. The fraction of sp³-hybridized carbons (Fsp3) is 0.583. The number of hydrogen-bond donors (Lipinski definition) is 0. The zero-order valence-electron chi connectivity index (χ0n) is 9.89. The van der Waals surface area contributed by atoms with Crippen LogP contribution < -0.4 is 0 Å². The maximum atomic E-state index is 14.0. The molecule has 0 saturated heterocycles. The Bertz CT molecular complexity index is 373. The summed E-state index contributed by atoms with van der Waals surface area (Å²) >= 11 is 0. The zero-order chi connectivity index (χ0) is 12.5. The van der Waals surface area contributed by atoms with Crippen molar-refractivity contribution in [2.45, 2.75) is 46.0 Å². The van der Waals surface area contributed by atoms with Gasteiger partial charge >= 0.3 is 0 Å². The van der Waals surface area contributed by atoms with Crippen molar-refractivity contribution in [3.8, 4) is 0 Å². The molecule has 0 N–H and O–H groups in total. The van der Waals surface area contributed by atoms with Crippen molar-refractivity contribution in [2.24, 2.45) is 0 Å². The van der Waals surface area contributed by atoms with Crippen molar-refractivity contribution in [2.75, 3.05) is 0 Å². The molecule has 0 aromatic carbocycles. The Labute approximate surface area is 93.7 Å². The minimum Gasteiger partial charge on any atom is -0.257 e. The Morgan fingerprint density at radius 2 is 1.62 bits per heavy atom. The Morgan fingerprint density at radius 1 is 1.06 bits per heavy atom. The number of aromatic nitrogens is 1. The van der Waals surface area contributed by atoms with Crippen molar-refractivity contribution in [1.29, 1.82) is 0 Å². The third-order valence-corrected chi connectivity index (χ3v) is 2.47. The summed E-state index contributed by atoms with van der Waals surface area (Å²) in [7, 11) is 0. The molecule has 1 aromatic rings. The van der Waals surface area contributed by atoms with Gasteiger partial charge < -0.3 is 0 Å². The standard InChI is InChI=1S/C12H16F3N/c1-6(2)9-8(12(14)15)5-16-11(7(3)4)10(9)13/h5-7,12H,1-4H3. The van der Waals surface area contributed by atoms with E-state index < -0.39 is 12.2 Å². The van der Waals surface area contributed by atoms with Crippen molar-refractivity contribution in [1.82, 2.24) is 4.98 Å². The lowest BCUT2D eigenvalue weighted by atomic mass is 9.95. The SMILES string of the molecule is CC(C)c1ncc(C(F)F)c(C(C)C)c1F. The summed E-state index contributed by atoms with van der Waals surface area (Å²) in [6.45, 7) is 6.98. The lowest BCUT2D eigenvalue weighted by molar-refractivity contribution is 0.148. The van der Waals surface area contributed by atoms with Gasteiger partial charge in [-0.1, -0.05) is 27.7 Å². The lowest BCUT2D eigenvalue weighted by Gasteiger charge is -2.16. The van der Waals surface area contributed by atoms with Gasteiger partial charge in [-0.25, -0.2) is 13.2 Å². The van der Waals surface area contributed by atoms with Crippen LogP contribution in [0.4, 0.5) is 13.2 Å². The van der Waals surface area contributed by atoms with Crippen LogP contribution in [-0.4, -0.2) is 4.98 Å². The summed E-state index contributed by atoms with van der Waals surface area (Å²) in [5.74, 6) is -0.962. The van der Waals surface area contributed by atoms with E-state index in [4.69, 9.17) is 0 Å². The Morgan fingerprint density at radius 3 is 2.00 bits per heavy atom. The maximum absolute atomic E-state index is 14.0. The van der Waals surface area contributed by atoms with Gasteiger partial charge in [0.15, 0.2) is 0 Å². The summed E-state index contributed by atoms with van der Waals surface area (Å²) in [5.41, 5.74) is 0.0544. The van der Waals surface area contributed by atoms with Crippen molar-refractivity contribution < 1.29 is 13.2 Å². The first-order valence-electron chi connectivity index (χ1n) is 5.32. The molecule has 0 atom stereocenters. The number of hydrogen-bond acceptors (Lipinski definition) is 1. The van der Waals surface area contributed by atoms with Crippen LogP contribution in [0.1, 0.15) is 62.8 Å². The minimum atomic E-state index is -2.68. The molecule has 0 bridgehead atoms. The minimum absolute atomic E-state index is 0.0914. The molecule has 1 rings (SSSR count). The van der Waals surface area contributed by atoms with Gasteiger partial charge in [0.1, 0.15) is 5.82 Å². The van der Waals surface area contributed by atoms with Crippen molar-refractivity contribution in [3.63, 3.8) is 0 Å². The number of pyridine rings is 1. The molecular weight excluding hydrogens is 215 g/mol. The summed E-state index contributed by atoms with van der Waals surface area (Å²) in [6, 6.07) is 0. The Balaban J connectivity index is 3.42. The molecule has 0 amide bonds. The quantitative estimate of drug-likeness (QED) is 0.751. The zero-order valence-corrected chi connectivity index (χ0v) is 9.89. The van der Waals surface area contributed by atoms with E-state index in [-0.39, 0.29) is 28.7 Å². The van der Waals surface area contributed by atoms with Crippen LogP contribution in [0.15, 0.2) is 6.20 Å². The van der Waals surface area contributed by atoms with Gasteiger partial charge in [0, 0.05) is 17.3 Å². The summed E-state index contributed by atoms with van der Waals surface area (Å²) in [4.78, 5) is 3.79. The summed E-state index contributed by atoms with van der Waals surface area (Å²) < 4.78 is 39.4. The molecule has 0 spiro atoms. The third kappa shape index (κ3) is 2.36. The van der Waals surface area contributed by atoms with E-state index in [1.54, 1.807) is 27.7 Å². The normalized spacial score (nSPS) is 11.9. The molecule has 0 unspecified atom stereocenters. The van der Waals surface area contributed by atoms with E-state index in [1.165, 1.54) is 0 Å². The van der Waals surface area contributed by atoms with Crippen molar-refractivity contribution in [3.05, 3.63) is 28.8 Å². The fourth-order valence-corrected chi connectivity index (χ4v) is 1.69. The molecule has 0 aliphatic rings. The summed E-state index contributed by atoms with van der Waals surface area (Å²) in [6.07, 6.45) is -1.58. The van der Waals surface area contributed by atoms with Crippen LogP contribution in [0.3, 0.4) is 0 Å². The first-order valence-corrected chi connectivity index (χ1v) is 5.32. The lowest BCUT2D eigenvalue weighted by Crippen LogP contribution is -2.08. The van der Waals surface area contributed by atoms with E-state index in [0.717, 1.165) is 6.20 Å². The second kappa shape index (κ2) is 4.85. The third-order valence-electron chi connectivity index (χ3n) is 2.47. The smallest absolute Gasteiger partial charge is 0.257 e. The van der Waals surface area contributed by atoms with Crippen LogP contribution >= 0.6 is 0 Å². The Hall–Kier alpha value is -1.06. The molecule has 0 fully saturated rings.